The maximum Gasteiger partial charge on any atom is 0.255 e. The number of fused-ring (bicyclic) bond motifs is 1. The van der Waals surface area contributed by atoms with Gasteiger partial charge in [-0.25, -0.2) is 13.4 Å². The standard InChI is InChI=1S/C16H15N3O3S/c1-19-14-13(10-17-16(18-14)23(2,21)22)9-12(15(19)20)8-11-6-4-3-5-7-11/h3-7,9-10H,8H2,1-2H3. The number of nitrogens with zero attached hydrogens (tertiary/aromatic N) is 3. The highest BCUT2D eigenvalue weighted by Crippen LogP contribution is 2.14. The van der Waals surface area contributed by atoms with Crippen molar-refractivity contribution in [2.45, 2.75) is 11.6 Å². The minimum Gasteiger partial charge on any atom is -0.295 e. The SMILES string of the molecule is Cn1c(=O)c(Cc2ccccc2)cc2cnc(S(C)(=O)=O)nc21. The number of rotatable bonds is 3. The summed E-state index contributed by atoms with van der Waals surface area (Å²) in [5.74, 6) is 0. The Kier molecular flexibility index (Phi) is 3.73. The lowest BCUT2D eigenvalue weighted by Crippen LogP contribution is -2.23. The van der Waals surface area contributed by atoms with E-state index < -0.39 is 9.84 Å². The molecule has 0 spiro atoms. The van der Waals surface area contributed by atoms with E-state index in [1.54, 1.807) is 13.1 Å². The van der Waals surface area contributed by atoms with Crippen LogP contribution in [0, 0.1) is 0 Å². The average Bonchev–Trinajstić information content (AvgIpc) is 2.52. The molecule has 0 aliphatic carbocycles. The number of sulfone groups is 1. The van der Waals surface area contributed by atoms with E-state index in [9.17, 15) is 13.2 Å². The quantitative estimate of drug-likeness (QED) is 0.677. The fraction of sp³-hybridized carbons (Fsp3) is 0.188. The maximum atomic E-state index is 12.5. The minimum atomic E-state index is -3.52. The lowest BCUT2D eigenvalue weighted by atomic mass is 10.1. The van der Waals surface area contributed by atoms with Crippen LogP contribution in [0.1, 0.15) is 11.1 Å². The first-order valence-corrected chi connectivity index (χ1v) is 8.85. The molecule has 0 saturated heterocycles. The lowest BCUT2D eigenvalue weighted by Gasteiger charge is -2.09. The molecule has 0 atom stereocenters. The second-order valence-corrected chi connectivity index (χ2v) is 7.31. The van der Waals surface area contributed by atoms with Crippen molar-refractivity contribution in [3.63, 3.8) is 0 Å². The molecule has 0 aliphatic heterocycles. The van der Waals surface area contributed by atoms with Crippen LogP contribution in [-0.2, 0) is 23.3 Å². The molecule has 2 heterocycles. The van der Waals surface area contributed by atoms with Crippen LogP contribution in [0.3, 0.4) is 0 Å². The summed E-state index contributed by atoms with van der Waals surface area (Å²) in [7, 11) is -1.94. The smallest absolute Gasteiger partial charge is 0.255 e. The summed E-state index contributed by atoms with van der Waals surface area (Å²) in [5, 5.41) is 0.348. The predicted molar refractivity (Wildman–Crippen MR) is 87.1 cm³/mol. The Labute approximate surface area is 133 Å². The third-order valence-electron chi connectivity index (χ3n) is 3.57. The molecule has 7 heteroatoms. The van der Waals surface area contributed by atoms with Crippen molar-refractivity contribution < 1.29 is 8.42 Å². The van der Waals surface area contributed by atoms with Gasteiger partial charge in [0, 0.05) is 36.9 Å². The van der Waals surface area contributed by atoms with Crippen molar-refractivity contribution in [3.05, 3.63) is 64.1 Å². The maximum absolute atomic E-state index is 12.5. The number of aromatic nitrogens is 3. The van der Waals surface area contributed by atoms with E-state index in [0.29, 0.717) is 23.0 Å². The molecular weight excluding hydrogens is 314 g/mol. The van der Waals surface area contributed by atoms with Crippen molar-refractivity contribution >= 4 is 20.9 Å². The van der Waals surface area contributed by atoms with Crippen LogP contribution in [0.4, 0.5) is 0 Å². The van der Waals surface area contributed by atoms with Crippen LogP contribution in [0.25, 0.3) is 11.0 Å². The highest BCUT2D eigenvalue weighted by molar-refractivity contribution is 7.90. The monoisotopic (exact) mass is 329 g/mol. The summed E-state index contributed by atoms with van der Waals surface area (Å²) in [6.07, 6.45) is 2.97. The zero-order valence-corrected chi connectivity index (χ0v) is 13.5. The van der Waals surface area contributed by atoms with Gasteiger partial charge in [0.15, 0.2) is 0 Å². The van der Waals surface area contributed by atoms with E-state index in [4.69, 9.17) is 0 Å². The fourth-order valence-electron chi connectivity index (χ4n) is 2.42. The third-order valence-corrected chi connectivity index (χ3v) is 4.43. The van der Waals surface area contributed by atoms with Crippen LogP contribution >= 0.6 is 0 Å². The third kappa shape index (κ3) is 3.00. The number of pyridine rings is 1. The van der Waals surface area contributed by atoms with Gasteiger partial charge in [-0.15, -0.1) is 0 Å². The Morgan fingerprint density at radius 1 is 1.17 bits per heavy atom. The van der Waals surface area contributed by atoms with Gasteiger partial charge in [-0.1, -0.05) is 30.3 Å². The number of benzene rings is 1. The van der Waals surface area contributed by atoms with E-state index in [1.807, 2.05) is 30.3 Å². The zero-order valence-electron chi connectivity index (χ0n) is 12.7. The van der Waals surface area contributed by atoms with E-state index in [2.05, 4.69) is 9.97 Å². The summed E-state index contributed by atoms with van der Waals surface area (Å²) >= 11 is 0. The van der Waals surface area contributed by atoms with Crippen LogP contribution in [0.2, 0.25) is 0 Å². The summed E-state index contributed by atoms with van der Waals surface area (Å²) < 4.78 is 24.5. The minimum absolute atomic E-state index is 0.195. The Balaban J connectivity index is 2.17. The average molecular weight is 329 g/mol. The molecule has 1 aromatic carbocycles. The molecule has 0 bridgehead atoms. The van der Waals surface area contributed by atoms with Gasteiger partial charge in [-0.05, 0) is 11.6 Å². The van der Waals surface area contributed by atoms with Crippen LogP contribution < -0.4 is 5.56 Å². The zero-order chi connectivity index (χ0) is 16.6. The van der Waals surface area contributed by atoms with Crippen molar-refractivity contribution in [3.8, 4) is 0 Å². The first-order valence-electron chi connectivity index (χ1n) is 6.96. The van der Waals surface area contributed by atoms with E-state index in [-0.39, 0.29) is 10.7 Å². The molecule has 0 amide bonds. The molecule has 0 unspecified atom stereocenters. The van der Waals surface area contributed by atoms with Crippen molar-refractivity contribution in [2.75, 3.05) is 6.26 Å². The van der Waals surface area contributed by atoms with Crippen LogP contribution in [0.5, 0.6) is 0 Å². The molecule has 23 heavy (non-hydrogen) atoms. The normalized spacial score (nSPS) is 11.7. The number of hydrogen-bond donors (Lipinski definition) is 0. The summed E-state index contributed by atoms with van der Waals surface area (Å²) in [4.78, 5) is 20.4. The van der Waals surface area contributed by atoms with Gasteiger partial charge in [0.2, 0.25) is 15.0 Å². The molecular formula is C16H15N3O3S. The molecule has 0 aliphatic rings. The Morgan fingerprint density at radius 3 is 2.52 bits per heavy atom. The van der Waals surface area contributed by atoms with E-state index >= 15 is 0 Å². The van der Waals surface area contributed by atoms with Crippen LogP contribution in [0.15, 0.2) is 52.5 Å². The Hall–Kier alpha value is -2.54. The van der Waals surface area contributed by atoms with E-state index in [0.717, 1.165) is 11.8 Å². The lowest BCUT2D eigenvalue weighted by molar-refractivity contribution is 0.593. The predicted octanol–water partition coefficient (Wildman–Crippen LogP) is 1.32. The van der Waals surface area contributed by atoms with Gasteiger partial charge in [0.05, 0.1) is 0 Å². The molecule has 0 radical (unpaired) electrons. The molecule has 3 aromatic rings. The van der Waals surface area contributed by atoms with Gasteiger partial charge >= 0.3 is 0 Å². The largest absolute Gasteiger partial charge is 0.295 e. The van der Waals surface area contributed by atoms with Gasteiger partial charge in [0.1, 0.15) is 5.65 Å². The molecule has 0 fully saturated rings. The highest BCUT2D eigenvalue weighted by Gasteiger charge is 2.15. The van der Waals surface area contributed by atoms with E-state index in [1.165, 1.54) is 10.8 Å². The summed E-state index contributed by atoms with van der Waals surface area (Å²) in [6.45, 7) is 0. The van der Waals surface area contributed by atoms with Gasteiger partial charge < -0.3 is 0 Å². The highest BCUT2D eigenvalue weighted by atomic mass is 32.2. The van der Waals surface area contributed by atoms with Crippen molar-refractivity contribution in [2.24, 2.45) is 7.05 Å². The van der Waals surface area contributed by atoms with Crippen LogP contribution in [-0.4, -0.2) is 29.2 Å². The van der Waals surface area contributed by atoms with Gasteiger partial charge in [-0.2, -0.15) is 4.98 Å². The summed E-state index contributed by atoms with van der Waals surface area (Å²) in [6, 6.07) is 11.4. The van der Waals surface area contributed by atoms with Gasteiger partial charge in [0.25, 0.3) is 5.56 Å². The molecule has 0 saturated carbocycles. The van der Waals surface area contributed by atoms with Crippen molar-refractivity contribution in [1.29, 1.82) is 0 Å². The Bertz CT molecular complexity index is 1040. The fourth-order valence-corrected chi connectivity index (χ4v) is 2.92. The molecule has 118 valence electrons. The molecule has 2 aromatic heterocycles. The number of hydrogen-bond acceptors (Lipinski definition) is 5. The first-order chi connectivity index (χ1) is 10.9. The molecule has 0 N–H and O–H groups in total. The second kappa shape index (κ2) is 5.58. The first kappa shape index (κ1) is 15.4. The molecule has 3 rings (SSSR count). The second-order valence-electron chi connectivity index (χ2n) is 5.40. The number of aryl methyl sites for hydroxylation is 1. The van der Waals surface area contributed by atoms with Crippen molar-refractivity contribution in [1.82, 2.24) is 14.5 Å². The topological polar surface area (TPSA) is 81.9 Å². The van der Waals surface area contributed by atoms with Gasteiger partial charge in [-0.3, -0.25) is 9.36 Å². The summed E-state index contributed by atoms with van der Waals surface area (Å²) in [5.41, 5.74) is 1.75. The Morgan fingerprint density at radius 2 is 1.87 bits per heavy atom. The molecule has 6 nitrogen and oxygen atoms in total.